The molecule has 3 aromatic carbocycles. The van der Waals surface area contributed by atoms with Crippen LogP contribution in [0.25, 0.3) is 10.9 Å². The Bertz CT molecular complexity index is 1720. The second kappa shape index (κ2) is 9.87. The number of halogens is 5. The predicted molar refractivity (Wildman–Crippen MR) is 132 cm³/mol. The Morgan fingerprint density at radius 1 is 1.08 bits per heavy atom. The number of aryl methyl sites for hydroxylation is 2. The van der Waals surface area contributed by atoms with Crippen LogP contribution in [0.1, 0.15) is 39.8 Å². The lowest BCUT2D eigenvalue weighted by molar-refractivity contribution is 0.0716. The van der Waals surface area contributed by atoms with Crippen molar-refractivity contribution in [3.63, 3.8) is 0 Å². The largest absolute Gasteiger partial charge is 0.416 e. The molecule has 0 saturated carbocycles. The Balaban J connectivity index is 1.44. The molecule has 5 rings (SSSR count). The SMILES string of the molecule is C#CCN(c1ccc(C(=O)Oc2c(F)c(F)c(F)c(F)c2F)cc1)[C@H]1CCc2cc3nc(C)[nH]c(=O)c3cc21. The molecule has 0 spiro atoms. The van der Waals surface area contributed by atoms with E-state index >= 15 is 0 Å². The molecule has 11 heteroatoms. The fraction of sp³-hybridized carbons (Fsp3) is 0.179. The van der Waals surface area contributed by atoms with E-state index in [2.05, 4.69) is 20.6 Å². The van der Waals surface area contributed by atoms with Gasteiger partial charge in [0.15, 0.2) is 0 Å². The van der Waals surface area contributed by atoms with Crippen LogP contribution in [0.2, 0.25) is 0 Å². The van der Waals surface area contributed by atoms with Gasteiger partial charge in [0.1, 0.15) is 5.82 Å². The molecule has 4 aromatic rings. The molecule has 6 nitrogen and oxygen atoms in total. The van der Waals surface area contributed by atoms with E-state index in [1.165, 1.54) is 24.3 Å². The molecule has 0 saturated heterocycles. The van der Waals surface area contributed by atoms with Crippen molar-refractivity contribution < 1.29 is 31.5 Å². The lowest BCUT2D eigenvalue weighted by Gasteiger charge is -2.30. The van der Waals surface area contributed by atoms with Gasteiger partial charge in [-0.05, 0) is 67.3 Å². The van der Waals surface area contributed by atoms with Crippen molar-refractivity contribution >= 4 is 22.6 Å². The number of ether oxygens (including phenoxy) is 1. The van der Waals surface area contributed by atoms with E-state index < -0.39 is 40.8 Å². The number of nitrogens with zero attached hydrogens (tertiary/aromatic N) is 2. The molecule has 1 heterocycles. The van der Waals surface area contributed by atoms with Crippen LogP contribution in [-0.2, 0) is 6.42 Å². The lowest BCUT2D eigenvalue weighted by atomic mass is 10.0. The number of fused-ring (bicyclic) bond motifs is 2. The second-order valence-electron chi connectivity index (χ2n) is 8.94. The summed E-state index contributed by atoms with van der Waals surface area (Å²) in [6.07, 6.45) is 7.03. The summed E-state index contributed by atoms with van der Waals surface area (Å²) in [5, 5.41) is 0.443. The normalized spacial score (nSPS) is 14.2. The minimum atomic E-state index is -2.36. The zero-order valence-electron chi connectivity index (χ0n) is 20.2. The van der Waals surface area contributed by atoms with Gasteiger partial charge in [-0.1, -0.05) is 5.92 Å². The van der Waals surface area contributed by atoms with Crippen LogP contribution < -0.4 is 15.2 Å². The van der Waals surface area contributed by atoms with E-state index in [-0.39, 0.29) is 23.7 Å². The summed E-state index contributed by atoms with van der Waals surface area (Å²) in [5.74, 6) is -11.2. The number of benzene rings is 3. The third kappa shape index (κ3) is 4.48. The summed E-state index contributed by atoms with van der Waals surface area (Å²) < 4.78 is 72.5. The molecule has 198 valence electrons. The first kappa shape index (κ1) is 25.9. The number of hydrogen-bond acceptors (Lipinski definition) is 5. The molecular formula is C28H18F5N3O3. The van der Waals surface area contributed by atoms with Gasteiger partial charge in [-0.25, -0.2) is 22.9 Å². The fourth-order valence-corrected chi connectivity index (χ4v) is 4.76. The van der Waals surface area contributed by atoms with Crippen molar-refractivity contribution in [2.24, 2.45) is 0 Å². The highest BCUT2D eigenvalue weighted by Crippen LogP contribution is 2.39. The Kier molecular flexibility index (Phi) is 6.56. The predicted octanol–water partition coefficient (Wildman–Crippen LogP) is 5.27. The number of anilines is 1. The Morgan fingerprint density at radius 2 is 1.72 bits per heavy atom. The number of carbonyl (C=O) groups excluding carboxylic acids is 1. The van der Waals surface area contributed by atoms with Crippen LogP contribution >= 0.6 is 0 Å². The van der Waals surface area contributed by atoms with E-state index in [4.69, 9.17) is 6.42 Å². The van der Waals surface area contributed by atoms with Gasteiger partial charge in [-0.3, -0.25) is 4.79 Å². The van der Waals surface area contributed by atoms with Crippen LogP contribution in [-0.4, -0.2) is 22.5 Å². The third-order valence-corrected chi connectivity index (χ3v) is 6.57. The highest BCUT2D eigenvalue weighted by Gasteiger charge is 2.31. The van der Waals surface area contributed by atoms with Crippen LogP contribution in [0.5, 0.6) is 5.75 Å². The molecular weight excluding hydrogens is 521 g/mol. The summed E-state index contributed by atoms with van der Waals surface area (Å²) in [6.45, 7) is 1.88. The van der Waals surface area contributed by atoms with E-state index in [0.717, 1.165) is 17.5 Å². The summed E-state index contributed by atoms with van der Waals surface area (Å²) in [7, 11) is 0. The summed E-state index contributed by atoms with van der Waals surface area (Å²) in [6, 6.07) is 9.08. The quantitative estimate of drug-likeness (QED) is 0.0934. The Labute approximate surface area is 218 Å². The fourth-order valence-electron chi connectivity index (χ4n) is 4.76. The van der Waals surface area contributed by atoms with Crippen molar-refractivity contribution in [3.05, 3.63) is 98.4 Å². The van der Waals surface area contributed by atoms with Gasteiger partial charge in [-0.2, -0.15) is 8.78 Å². The van der Waals surface area contributed by atoms with Gasteiger partial charge in [0.2, 0.25) is 34.8 Å². The molecule has 1 aromatic heterocycles. The zero-order chi connectivity index (χ0) is 28.0. The van der Waals surface area contributed by atoms with Crippen LogP contribution in [0.4, 0.5) is 27.6 Å². The summed E-state index contributed by atoms with van der Waals surface area (Å²) >= 11 is 0. The van der Waals surface area contributed by atoms with Gasteiger partial charge in [-0.15, -0.1) is 6.42 Å². The first-order chi connectivity index (χ1) is 18.6. The van der Waals surface area contributed by atoms with Gasteiger partial charge >= 0.3 is 5.97 Å². The number of terminal acetylenes is 1. The van der Waals surface area contributed by atoms with Crippen molar-refractivity contribution in [3.8, 4) is 18.1 Å². The number of esters is 1. The molecule has 0 amide bonds. The molecule has 1 aliphatic rings. The molecule has 0 radical (unpaired) electrons. The molecule has 1 N–H and O–H groups in total. The first-order valence-corrected chi connectivity index (χ1v) is 11.7. The monoisotopic (exact) mass is 539 g/mol. The molecule has 0 aliphatic heterocycles. The number of aromatic amines is 1. The summed E-state index contributed by atoms with van der Waals surface area (Å²) in [4.78, 5) is 34.0. The van der Waals surface area contributed by atoms with Gasteiger partial charge < -0.3 is 14.6 Å². The van der Waals surface area contributed by atoms with Gasteiger partial charge in [0.25, 0.3) is 5.56 Å². The maximum Gasteiger partial charge on any atom is 0.343 e. The minimum absolute atomic E-state index is 0.180. The van der Waals surface area contributed by atoms with Crippen molar-refractivity contribution in [1.29, 1.82) is 0 Å². The van der Waals surface area contributed by atoms with Gasteiger partial charge in [0, 0.05) is 5.69 Å². The number of carbonyl (C=O) groups is 1. The highest BCUT2D eigenvalue weighted by molar-refractivity contribution is 5.91. The first-order valence-electron chi connectivity index (χ1n) is 11.7. The van der Waals surface area contributed by atoms with Gasteiger partial charge in [0.05, 0.1) is 29.1 Å². The van der Waals surface area contributed by atoms with E-state index in [1.54, 1.807) is 13.0 Å². The average molecular weight is 539 g/mol. The maximum atomic E-state index is 13.9. The van der Waals surface area contributed by atoms with Crippen LogP contribution in [0, 0.1) is 48.4 Å². The van der Waals surface area contributed by atoms with Crippen molar-refractivity contribution in [1.82, 2.24) is 9.97 Å². The lowest BCUT2D eigenvalue weighted by Crippen LogP contribution is -2.28. The Hall–Kier alpha value is -4.72. The smallest absolute Gasteiger partial charge is 0.343 e. The number of rotatable bonds is 5. The molecule has 1 aliphatic carbocycles. The molecule has 39 heavy (non-hydrogen) atoms. The number of hydrogen-bond donors (Lipinski definition) is 1. The Morgan fingerprint density at radius 3 is 2.36 bits per heavy atom. The molecule has 0 fully saturated rings. The van der Waals surface area contributed by atoms with E-state index in [9.17, 15) is 31.5 Å². The number of H-pyrrole nitrogens is 1. The maximum absolute atomic E-state index is 13.9. The topological polar surface area (TPSA) is 75.3 Å². The number of nitrogens with one attached hydrogen (secondary N) is 1. The van der Waals surface area contributed by atoms with E-state index in [1.807, 2.05) is 11.0 Å². The van der Waals surface area contributed by atoms with Crippen molar-refractivity contribution in [2.45, 2.75) is 25.8 Å². The van der Waals surface area contributed by atoms with E-state index in [0.29, 0.717) is 28.8 Å². The molecule has 1 atom stereocenters. The molecule has 0 bridgehead atoms. The standard InChI is InChI=1S/C28H18F5N3O3/c1-3-10-36(20-9-6-15-11-19-18(12-17(15)20)27(37)35-13(2)34-19)16-7-4-14(5-8-16)28(38)39-26-24(32)22(30)21(29)23(31)25(26)33/h1,4-5,7-8,11-12,20H,6,9-10H2,2H3,(H,34,35,37)/t20-/m0/s1. The van der Waals surface area contributed by atoms with Crippen LogP contribution in [0.15, 0.2) is 41.2 Å². The second-order valence-corrected chi connectivity index (χ2v) is 8.94. The number of aromatic nitrogens is 2. The summed E-state index contributed by atoms with van der Waals surface area (Å²) in [5.41, 5.74) is 2.66. The van der Waals surface area contributed by atoms with Crippen molar-refractivity contribution in [2.75, 3.05) is 11.4 Å². The average Bonchev–Trinajstić information content (AvgIpc) is 3.33. The molecule has 0 unspecified atom stereocenters. The van der Waals surface area contributed by atoms with Crippen LogP contribution in [0.3, 0.4) is 0 Å². The zero-order valence-corrected chi connectivity index (χ0v) is 20.2. The highest BCUT2D eigenvalue weighted by atomic mass is 19.2. The third-order valence-electron chi connectivity index (χ3n) is 6.57. The minimum Gasteiger partial charge on any atom is -0.416 e.